The summed E-state index contributed by atoms with van der Waals surface area (Å²) < 4.78 is 18.0. The molecule has 5 heteroatoms. The molecule has 0 heterocycles. The van der Waals surface area contributed by atoms with Gasteiger partial charge in [-0.25, -0.2) is 9.18 Å². The van der Waals surface area contributed by atoms with Gasteiger partial charge in [0, 0.05) is 5.56 Å². The van der Waals surface area contributed by atoms with Crippen molar-refractivity contribution in [2.75, 3.05) is 0 Å². The van der Waals surface area contributed by atoms with Crippen LogP contribution in [0.1, 0.15) is 15.9 Å². The van der Waals surface area contributed by atoms with Crippen LogP contribution in [0.15, 0.2) is 54.6 Å². The van der Waals surface area contributed by atoms with Gasteiger partial charge in [0.2, 0.25) is 5.24 Å². The van der Waals surface area contributed by atoms with E-state index < -0.39 is 17.0 Å². The first-order valence-corrected chi connectivity index (χ1v) is 6.38. The van der Waals surface area contributed by atoms with Crippen LogP contribution in [0.4, 0.5) is 4.39 Å². The van der Waals surface area contributed by atoms with Crippen molar-refractivity contribution in [2.45, 2.75) is 0 Å². The average molecular weight is 305 g/mol. The molecule has 2 aromatic carbocycles. The van der Waals surface area contributed by atoms with E-state index in [1.165, 1.54) is 30.3 Å². The third-order valence-corrected chi connectivity index (χ3v) is 2.72. The lowest BCUT2D eigenvalue weighted by Gasteiger charge is -2.07. The van der Waals surface area contributed by atoms with Crippen molar-refractivity contribution in [3.05, 3.63) is 71.6 Å². The van der Waals surface area contributed by atoms with Crippen LogP contribution in [-0.4, -0.2) is 11.2 Å². The van der Waals surface area contributed by atoms with E-state index in [-0.39, 0.29) is 11.3 Å². The molecule has 0 aliphatic rings. The summed E-state index contributed by atoms with van der Waals surface area (Å²) in [6.45, 7) is 0. The number of rotatable bonds is 4. The number of hydrogen-bond acceptors (Lipinski definition) is 3. The molecule has 21 heavy (non-hydrogen) atoms. The first kappa shape index (κ1) is 14.9. The van der Waals surface area contributed by atoms with Crippen LogP contribution in [0.25, 0.3) is 6.08 Å². The van der Waals surface area contributed by atoms with Crippen LogP contribution < -0.4 is 4.74 Å². The van der Waals surface area contributed by atoms with Gasteiger partial charge in [-0.3, -0.25) is 4.79 Å². The highest BCUT2D eigenvalue weighted by molar-refractivity contribution is 6.66. The van der Waals surface area contributed by atoms with Crippen molar-refractivity contribution in [3.63, 3.8) is 0 Å². The van der Waals surface area contributed by atoms with Gasteiger partial charge in [0.1, 0.15) is 11.6 Å². The van der Waals surface area contributed by atoms with Crippen LogP contribution in [0.2, 0.25) is 0 Å². The Bertz CT molecular complexity index is 693. The molecule has 0 unspecified atom stereocenters. The van der Waals surface area contributed by atoms with E-state index in [1.54, 1.807) is 24.3 Å². The lowest BCUT2D eigenvalue weighted by molar-refractivity contribution is -0.107. The van der Waals surface area contributed by atoms with E-state index >= 15 is 0 Å². The molecule has 0 N–H and O–H groups in total. The number of carbonyl (C=O) groups excluding carboxylic acids is 2. The monoisotopic (exact) mass is 304 g/mol. The van der Waals surface area contributed by atoms with Crippen LogP contribution in [0.5, 0.6) is 5.75 Å². The summed E-state index contributed by atoms with van der Waals surface area (Å²) in [5.74, 6) is -0.774. The summed E-state index contributed by atoms with van der Waals surface area (Å²) in [4.78, 5) is 22.7. The van der Waals surface area contributed by atoms with Gasteiger partial charge in [-0.05, 0) is 54.1 Å². The molecule has 106 valence electrons. The topological polar surface area (TPSA) is 43.4 Å². The zero-order valence-corrected chi connectivity index (χ0v) is 11.5. The smallest absolute Gasteiger partial charge is 0.343 e. The largest absolute Gasteiger partial charge is 0.422 e. The lowest BCUT2D eigenvalue weighted by Crippen LogP contribution is -2.09. The molecule has 0 bridgehead atoms. The van der Waals surface area contributed by atoms with Gasteiger partial charge in [0.05, 0.1) is 5.56 Å². The van der Waals surface area contributed by atoms with Crippen molar-refractivity contribution in [1.82, 2.24) is 0 Å². The first-order valence-electron chi connectivity index (χ1n) is 6.00. The Morgan fingerprint density at radius 2 is 1.71 bits per heavy atom. The van der Waals surface area contributed by atoms with Gasteiger partial charge in [0.25, 0.3) is 0 Å². The standard InChI is InChI=1S/C16H10ClFO3/c17-15(19)10-7-11-3-1-2-4-14(11)21-16(20)12-5-8-13(18)9-6-12/h1-10H/b10-7+. The van der Waals surface area contributed by atoms with Crippen molar-refractivity contribution < 1.29 is 18.7 Å². The number of carbonyl (C=O) groups is 2. The zero-order valence-electron chi connectivity index (χ0n) is 10.8. The number of allylic oxidation sites excluding steroid dienone is 1. The molecule has 0 saturated heterocycles. The van der Waals surface area contributed by atoms with Crippen molar-refractivity contribution >= 4 is 28.9 Å². The van der Waals surface area contributed by atoms with Crippen LogP contribution in [0, 0.1) is 5.82 Å². The average Bonchev–Trinajstić information content (AvgIpc) is 2.47. The molecular weight excluding hydrogens is 295 g/mol. The molecule has 0 amide bonds. The third-order valence-electron chi connectivity index (χ3n) is 2.60. The number of hydrogen-bond donors (Lipinski definition) is 0. The Labute approximate surface area is 125 Å². The van der Waals surface area contributed by atoms with E-state index in [4.69, 9.17) is 16.3 Å². The van der Waals surface area contributed by atoms with Crippen LogP contribution in [-0.2, 0) is 4.79 Å². The fourth-order valence-corrected chi connectivity index (χ4v) is 1.67. The highest BCUT2D eigenvalue weighted by Gasteiger charge is 2.10. The number of esters is 1. The Hall–Kier alpha value is -2.46. The Balaban J connectivity index is 2.21. The second-order valence-electron chi connectivity index (χ2n) is 4.07. The van der Waals surface area contributed by atoms with Crippen molar-refractivity contribution in [2.24, 2.45) is 0 Å². The number of benzene rings is 2. The predicted octanol–water partition coefficient (Wildman–Crippen LogP) is 3.82. The minimum absolute atomic E-state index is 0.226. The summed E-state index contributed by atoms with van der Waals surface area (Å²) >= 11 is 5.23. The number of ether oxygens (including phenoxy) is 1. The summed E-state index contributed by atoms with van der Waals surface area (Å²) in [5, 5.41) is -0.630. The molecule has 0 spiro atoms. The molecule has 0 fully saturated rings. The normalized spacial score (nSPS) is 10.6. The third kappa shape index (κ3) is 4.26. The zero-order chi connectivity index (χ0) is 15.2. The quantitative estimate of drug-likeness (QED) is 0.373. The minimum atomic E-state index is -0.630. The second-order valence-corrected chi connectivity index (χ2v) is 4.44. The molecule has 0 atom stereocenters. The Morgan fingerprint density at radius 3 is 2.38 bits per heavy atom. The first-order chi connectivity index (χ1) is 10.1. The minimum Gasteiger partial charge on any atom is -0.422 e. The lowest BCUT2D eigenvalue weighted by atomic mass is 10.2. The van der Waals surface area contributed by atoms with Gasteiger partial charge in [0.15, 0.2) is 0 Å². The molecule has 3 nitrogen and oxygen atoms in total. The highest BCUT2D eigenvalue weighted by Crippen LogP contribution is 2.21. The molecule has 2 aromatic rings. The van der Waals surface area contributed by atoms with E-state index in [2.05, 4.69) is 0 Å². The molecule has 0 saturated carbocycles. The fourth-order valence-electron chi connectivity index (χ4n) is 1.61. The molecule has 0 aliphatic heterocycles. The summed E-state index contributed by atoms with van der Waals surface area (Å²) in [6, 6.07) is 11.7. The summed E-state index contributed by atoms with van der Waals surface area (Å²) in [7, 11) is 0. The van der Waals surface area contributed by atoms with Crippen LogP contribution in [0.3, 0.4) is 0 Å². The number of halogens is 2. The Morgan fingerprint density at radius 1 is 1.05 bits per heavy atom. The van der Waals surface area contributed by atoms with Crippen LogP contribution >= 0.6 is 11.6 Å². The van der Waals surface area contributed by atoms with Gasteiger partial charge in [-0.1, -0.05) is 18.2 Å². The summed E-state index contributed by atoms with van der Waals surface area (Å²) in [5.41, 5.74) is 0.755. The maximum atomic E-state index is 12.8. The molecular formula is C16H10ClFO3. The second kappa shape index (κ2) is 6.81. The highest BCUT2D eigenvalue weighted by atomic mass is 35.5. The van der Waals surface area contributed by atoms with E-state index in [9.17, 15) is 14.0 Å². The van der Waals surface area contributed by atoms with Gasteiger partial charge >= 0.3 is 5.97 Å². The number of para-hydroxylation sites is 1. The van der Waals surface area contributed by atoms with E-state index in [0.717, 1.165) is 6.08 Å². The summed E-state index contributed by atoms with van der Waals surface area (Å²) in [6.07, 6.45) is 2.61. The molecule has 0 radical (unpaired) electrons. The molecule has 0 aromatic heterocycles. The molecule has 0 aliphatic carbocycles. The predicted molar refractivity (Wildman–Crippen MR) is 77.7 cm³/mol. The van der Waals surface area contributed by atoms with E-state index in [1.807, 2.05) is 0 Å². The van der Waals surface area contributed by atoms with Gasteiger partial charge in [-0.2, -0.15) is 0 Å². The van der Waals surface area contributed by atoms with Crippen molar-refractivity contribution in [1.29, 1.82) is 0 Å². The molecule has 2 rings (SSSR count). The SMILES string of the molecule is O=C(Cl)/C=C/c1ccccc1OC(=O)c1ccc(F)cc1. The fraction of sp³-hybridized carbons (Fsp3) is 0. The van der Waals surface area contributed by atoms with Gasteiger partial charge in [-0.15, -0.1) is 0 Å². The van der Waals surface area contributed by atoms with Gasteiger partial charge < -0.3 is 4.74 Å². The van der Waals surface area contributed by atoms with Crippen molar-refractivity contribution in [3.8, 4) is 5.75 Å². The maximum Gasteiger partial charge on any atom is 0.343 e. The Kier molecular flexibility index (Phi) is 4.85. The van der Waals surface area contributed by atoms with E-state index in [0.29, 0.717) is 5.56 Å². The maximum absolute atomic E-state index is 12.8.